The monoisotopic (exact) mass is 393 g/mol. The molecule has 1 heterocycles. The molecule has 2 fully saturated rings. The second-order valence-electron chi connectivity index (χ2n) is 9.38. The van der Waals surface area contributed by atoms with Gasteiger partial charge in [-0.1, -0.05) is 71.6 Å². The zero-order chi connectivity index (χ0) is 20.5. The maximum absolute atomic E-state index is 13.3. The summed E-state index contributed by atoms with van der Waals surface area (Å²) >= 11 is 0. The van der Waals surface area contributed by atoms with Gasteiger partial charge in [-0.05, 0) is 38.5 Å². The summed E-state index contributed by atoms with van der Waals surface area (Å²) in [6.45, 7) is 6.35. The Labute approximate surface area is 173 Å². The lowest BCUT2D eigenvalue weighted by Gasteiger charge is -2.31. The number of unbranched alkanes of at least 4 members (excludes halogenated alkanes) is 10. The topological polar surface area (TPSA) is 60.2 Å². The highest BCUT2D eigenvalue weighted by Gasteiger charge is 2.83. The second kappa shape index (κ2) is 11.3. The minimum Gasteiger partial charge on any atom is -0.369 e. The molecular weight excluding hydrogens is 348 g/mol. The van der Waals surface area contributed by atoms with E-state index in [1.54, 1.807) is 0 Å². The molecule has 0 aromatic carbocycles. The SMILES string of the molecule is CCCCCCCC[N+]1(CCCCCCCC)C(=O)C12CCCCC2C(N)=O. The molecule has 2 rings (SSSR count). The van der Waals surface area contributed by atoms with Crippen LogP contribution in [0.5, 0.6) is 0 Å². The van der Waals surface area contributed by atoms with Crippen LogP contribution < -0.4 is 5.73 Å². The summed E-state index contributed by atoms with van der Waals surface area (Å²) < 4.78 is 0.585. The molecule has 1 aliphatic carbocycles. The third-order valence-electron chi connectivity index (χ3n) is 7.48. The molecule has 0 aromatic heterocycles. The van der Waals surface area contributed by atoms with Crippen molar-refractivity contribution < 1.29 is 14.1 Å². The number of hydrogen-bond donors (Lipinski definition) is 1. The van der Waals surface area contributed by atoms with Gasteiger partial charge in [-0.15, -0.1) is 0 Å². The number of carbonyl (C=O) groups is 2. The predicted octanol–water partition coefficient (Wildman–Crippen LogP) is 5.48. The number of quaternary nitrogens is 1. The van der Waals surface area contributed by atoms with E-state index in [2.05, 4.69) is 13.8 Å². The maximum Gasteiger partial charge on any atom is 0.377 e. The molecule has 0 aromatic rings. The van der Waals surface area contributed by atoms with Crippen LogP contribution in [0.4, 0.5) is 0 Å². The molecular formula is C24H45N2O2+. The number of rotatable bonds is 15. The molecule has 162 valence electrons. The summed E-state index contributed by atoms with van der Waals surface area (Å²) in [5, 5.41) is 0. The summed E-state index contributed by atoms with van der Waals surface area (Å²) in [5.74, 6) is -0.119. The molecule has 2 unspecified atom stereocenters. The molecule has 2 atom stereocenters. The van der Waals surface area contributed by atoms with Gasteiger partial charge in [0.2, 0.25) is 11.4 Å². The van der Waals surface area contributed by atoms with Gasteiger partial charge >= 0.3 is 5.91 Å². The molecule has 1 aliphatic heterocycles. The number of amides is 2. The van der Waals surface area contributed by atoms with E-state index in [1.165, 1.54) is 64.2 Å². The van der Waals surface area contributed by atoms with Crippen molar-refractivity contribution in [2.75, 3.05) is 13.1 Å². The Bertz CT molecular complexity index is 489. The number of carbonyl (C=O) groups excluding carboxylic acids is 2. The fraction of sp³-hybridized carbons (Fsp3) is 0.917. The predicted molar refractivity (Wildman–Crippen MR) is 116 cm³/mol. The molecule has 4 nitrogen and oxygen atoms in total. The van der Waals surface area contributed by atoms with E-state index < -0.39 is 5.54 Å². The summed E-state index contributed by atoms with van der Waals surface area (Å²) in [6, 6.07) is 0. The lowest BCUT2D eigenvalue weighted by molar-refractivity contribution is -0.801. The van der Waals surface area contributed by atoms with Crippen LogP contribution in [0.3, 0.4) is 0 Å². The zero-order valence-electron chi connectivity index (χ0n) is 18.6. The van der Waals surface area contributed by atoms with Gasteiger partial charge in [0, 0.05) is 6.42 Å². The van der Waals surface area contributed by atoms with Crippen LogP contribution in [0.15, 0.2) is 0 Å². The first-order chi connectivity index (χ1) is 13.6. The highest BCUT2D eigenvalue weighted by molar-refractivity contribution is 5.98. The molecule has 1 saturated heterocycles. The first kappa shape index (κ1) is 23.4. The van der Waals surface area contributed by atoms with Crippen LogP contribution in [0.25, 0.3) is 0 Å². The molecule has 1 spiro atoms. The summed E-state index contributed by atoms with van der Waals surface area (Å²) in [5.41, 5.74) is 5.34. The van der Waals surface area contributed by atoms with E-state index in [1.807, 2.05) is 0 Å². The normalized spacial score (nSPS) is 25.9. The van der Waals surface area contributed by atoms with Gasteiger partial charge in [-0.3, -0.25) is 4.79 Å². The minimum atomic E-state index is -0.447. The van der Waals surface area contributed by atoms with Crippen molar-refractivity contribution in [3.05, 3.63) is 0 Å². The molecule has 4 heteroatoms. The van der Waals surface area contributed by atoms with E-state index in [0.29, 0.717) is 10.4 Å². The van der Waals surface area contributed by atoms with Crippen molar-refractivity contribution in [1.29, 1.82) is 0 Å². The quantitative estimate of drug-likeness (QED) is 0.227. The van der Waals surface area contributed by atoms with E-state index in [0.717, 1.165) is 51.6 Å². The average Bonchev–Trinajstić information content (AvgIpc) is 3.17. The number of nitrogens with zero attached hydrogens (tertiary/aromatic N) is 1. The first-order valence-corrected chi connectivity index (χ1v) is 12.3. The number of nitrogens with two attached hydrogens (primary N) is 1. The molecule has 2 amide bonds. The maximum atomic E-state index is 13.3. The van der Waals surface area contributed by atoms with Crippen LogP contribution in [0.1, 0.15) is 117 Å². The fourth-order valence-corrected chi connectivity index (χ4v) is 5.83. The Hall–Kier alpha value is -0.900. The summed E-state index contributed by atoms with van der Waals surface area (Å²) in [7, 11) is 0. The number of hydrogen-bond acceptors (Lipinski definition) is 2. The highest BCUT2D eigenvalue weighted by Crippen LogP contribution is 2.57. The van der Waals surface area contributed by atoms with Gasteiger partial charge in [0.1, 0.15) is 5.92 Å². The Morgan fingerprint density at radius 1 is 0.893 bits per heavy atom. The van der Waals surface area contributed by atoms with Crippen molar-refractivity contribution in [3.63, 3.8) is 0 Å². The standard InChI is InChI=1S/C24H44N2O2/c1-3-5-7-9-11-15-19-26(20-16-12-10-8-6-4-2)23(28)24(26)18-14-13-17-21(24)22(25)27/h21H,3-20H2,1-2H3,(H-,25,27)/p+1. The molecule has 0 radical (unpaired) electrons. The molecule has 28 heavy (non-hydrogen) atoms. The fourth-order valence-electron chi connectivity index (χ4n) is 5.83. The van der Waals surface area contributed by atoms with E-state index in [9.17, 15) is 9.59 Å². The molecule has 0 bridgehead atoms. The van der Waals surface area contributed by atoms with Gasteiger partial charge in [0.25, 0.3) is 0 Å². The minimum absolute atomic E-state index is 0.228. The highest BCUT2D eigenvalue weighted by atomic mass is 16.2. The van der Waals surface area contributed by atoms with E-state index >= 15 is 0 Å². The zero-order valence-corrected chi connectivity index (χ0v) is 18.6. The van der Waals surface area contributed by atoms with Crippen molar-refractivity contribution in [2.24, 2.45) is 11.7 Å². The lowest BCUT2D eigenvalue weighted by Crippen LogP contribution is -2.48. The van der Waals surface area contributed by atoms with Crippen LogP contribution in [0, 0.1) is 5.92 Å². The molecule has 2 aliphatic rings. The van der Waals surface area contributed by atoms with Gasteiger partial charge < -0.3 is 5.73 Å². The van der Waals surface area contributed by atoms with Crippen LogP contribution >= 0.6 is 0 Å². The Kier molecular flexibility index (Phi) is 9.46. The van der Waals surface area contributed by atoms with Gasteiger partial charge in [0.05, 0.1) is 13.1 Å². The number of primary amides is 1. The largest absolute Gasteiger partial charge is 0.377 e. The Balaban J connectivity index is 1.98. The van der Waals surface area contributed by atoms with Crippen molar-refractivity contribution in [1.82, 2.24) is 0 Å². The molecule has 1 saturated carbocycles. The first-order valence-electron chi connectivity index (χ1n) is 12.3. The summed E-state index contributed by atoms with van der Waals surface area (Å²) in [6.07, 6.45) is 18.7. The van der Waals surface area contributed by atoms with Gasteiger partial charge in [-0.25, -0.2) is 9.28 Å². The van der Waals surface area contributed by atoms with Crippen molar-refractivity contribution in [3.8, 4) is 0 Å². The van der Waals surface area contributed by atoms with Gasteiger partial charge in [-0.2, -0.15) is 0 Å². The third kappa shape index (κ3) is 4.98. The average molecular weight is 394 g/mol. The van der Waals surface area contributed by atoms with E-state index in [-0.39, 0.29) is 11.8 Å². The van der Waals surface area contributed by atoms with Gasteiger partial charge in [0.15, 0.2) is 0 Å². The molecule has 2 N–H and O–H groups in total. The third-order valence-corrected chi connectivity index (χ3v) is 7.48. The van der Waals surface area contributed by atoms with E-state index in [4.69, 9.17) is 5.73 Å². The Morgan fingerprint density at radius 3 is 1.89 bits per heavy atom. The van der Waals surface area contributed by atoms with Crippen molar-refractivity contribution in [2.45, 2.75) is 122 Å². The smallest absolute Gasteiger partial charge is 0.369 e. The summed E-state index contributed by atoms with van der Waals surface area (Å²) in [4.78, 5) is 25.5. The second-order valence-corrected chi connectivity index (χ2v) is 9.38. The van der Waals surface area contributed by atoms with Crippen LogP contribution in [-0.2, 0) is 9.59 Å². The van der Waals surface area contributed by atoms with Crippen molar-refractivity contribution >= 4 is 11.8 Å². The van der Waals surface area contributed by atoms with Crippen LogP contribution in [-0.4, -0.2) is 34.9 Å². The lowest BCUT2D eigenvalue weighted by atomic mass is 9.77. The van der Waals surface area contributed by atoms with Crippen LogP contribution in [0.2, 0.25) is 0 Å². The Morgan fingerprint density at radius 2 is 1.39 bits per heavy atom.